The molecule has 3 heteroatoms. The highest BCUT2D eigenvalue weighted by Gasteiger charge is 2.25. The highest BCUT2D eigenvalue weighted by Crippen LogP contribution is 2.23. The highest BCUT2D eigenvalue weighted by atomic mass is 16.6. The quantitative estimate of drug-likeness (QED) is 0.817. The Kier molecular flexibility index (Phi) is 4.70. The second-order valence-corrected chi connectivity index (χ2v) is 5.01. The van der Waals surface area contributed by atoms with Crippen LogP contribution in [0.15, 0.2) is 30.3 Å². The number of carbonyl (C=O) groups is 1. The first kappa shape index (κ1) is 13.7. The van der Waals surface area contributed by atoms with E-state index in [9.17, 15) is 4.79 Å². The molecular formula is C14H20O3. The number of aliphatic hydroxyl groups is 1. The minimum absolute atomic E-state index is 0.0290. The van der Waals surface area contributed by atoms with Gasteiger partial charge in [0.15, 0.2) is 0 Å². The summed E-state index contributed by atoms with van der Waals surface area (Å²) in [5.74, 6) is -0.668. The van der Waals surface area contributed by atoms with Crippen LogP contribution in [-0.2, 0) is 9.53 Å². The van der Waals surface area contributed by atoms with Crippen LogP contribution >= 0.6 is 0 Å². The summed E-state index contributed by atoms with van der Waals surface area (Å²) in [6.07, 6.45) is 0.388. The molecule has 1 aromatic rings. The summed E-state index contributed by atoms with van der Waals surface area (Å²) in [6, 6.07) is 9.41. The molecule has 0 amide bonds. The van der Waals surface area contributed by atoms with Crippen molar-refractivity contribution in [2.45, 2.75) is 38.7 Å². The third kappa shape index (κ3) is 4.57. The largest absolute Gasteiger partial charge is 0.459 e. The van der Waals surface area contributed by atoms with Gasteiger partial charge in [-0.05, 0) is 32.8 Å². The fourth-order valence-electron chi connectivity index (χ4n) is 1.61. The first-order chi connectivity index (χ1) is 7.94. The van der Waals surface area contributed by atoms with Gasteiger partial charge in [-0.2, -0.15) is 0 Å². The molecule has 0 aliphatic heterocycles. The highest BCUT2D eigenvalue weighted by molar-refractivity contribution is 5.78. The van der Waals surface area contributed by atoms with Gasteiger partial charge in [0.25, 0.3) is 0 Å². The zero-order chi connectivity index (χ0) is 12.9. The van der Waals surface area contributed by atoms with E-state index >= 15 is 0 Å². The lowest BCUT2D eigenvalue weighted by Crippen LogP contribution is -2.28. The summed E-state index contributed by atoms with van der Waals surface area (Å²) in [5.41, 5.74) is 0.385. The average Bonchev–Trinajstić information content (AvgIpc) is 2.24. The monoisotopic (exact) mass is 236 g/mol. The molecule has 3 nitrogen and oxygen atoms in total. The maximum absolute atomic E-state index is 12.0. The molecule has 1 aromatic carbocycles. The smallest absolute Gasteiger partial charge is 0.314 e. The molecule has 0 saturated heterocycles. The van der Waals surface area contributed by atoms with Crippen molar-refractivity contribution in [2.24, 2.45) is 0 Å². The molecule has 1 atom stereocenters. The minimum atomic E-state index is -0.500. The van der Waals surface area contributed by atoms with Crippen LogP contribution in [0, 0.1) is 0 Å². The Morgan fingerprint density at radius 2 is 1.88 bits per heavy atom. The molecule has 0 aromatic heterocycles. The summed E-state index contributed by atoms with van der Waals surface area (Å²) in [7, 11) is 0. The Balaban J connectivity index is 2.83. The molecule has 0 fully saturated rings. The Morgan fingerprint density at radius 1 is 1.29 bits per heavy atom. The van der Waals surface area contributed by atoms with Crippen LogP contribution in [0.2, 0.25) is 0 Å². The maximum atomic E-state index is 12.0. The number of benzene rings is 1. The zero-order valence-corrected chi connectivity index (χ0v) is 10.6. The summed E-state index contributed by atoms with van der Waals surface area (Å²) in [5, 5.41) is 9.04. The van der Waals surface area contributed by atoms with E-state index < -0.39 is 5.60 Å². The lowest BCUT2D eigenvalue weighted by atomic mass is 9.96. The van der Waals surface area contributed by atoms with Gasteiger partial charge in [0.2, 0.25) is 0 Å². The van der Waals surface area contributed by atoms with Crippen LogP contribution in [0.3, 0.4) is 0 Å². The number of rotatable bonds is 4. The van der Waals surface area contributed by atoms with Crippen molar-refractivity contribution < 1.29 is 14.6 Å². The van der Waals surface area contributed by atoms with E-state index in [0.29, 0.717) is 6.42 Å². The lowest BCUT2D eigenvalue weighted by molar-refractivity contribution is -0.157. The summed E-state index contributed by atoms with van der Waals surface area (Å²) in [4.78, 5) is 12.0. The van der Waals surface area contributed by atoms with Gasteiger partial charge in [0, 0.05) is 6.61 Å². The molecule has 0 aliphatic carbocycles. The van der Waals surface area contributed by atoms with Gasteiger partial charge in [-0.3, -0.25) is 4.79 Å². The third-order valence-corrected chi connectivity index (χ3v) is 2.31. The molecular weight excluding hydrogens is 216 g/mol. The number of carbonyl (C=O) groups excluding carboxylic acids is 1. The minimum Gasteiger partial charge on any atom is -0.459 e. The topological polar surface area (TPSA) is 46.5 Å². The van der Waals surface area contributed by atoms with E-state index in [0.717, 1.165) is 5.56 Å². The Labute approximate surface area is 102 Å². The Hall–Kier alpha value is -1.35. The van der Waals surface area contributed by atoms with E-state index in [2.05, 4.69) is 0 Å². The van der Waals surface area contributed by atoms with E-state index in [1.807, 2.05) is 51.1 Å². The normalized spacial score (nSPS) is 13.2. The van der Waals surface area contributed by atoms with E-state index in [-0.39, 0.29) is 18.5 Å². The van der Waals surface area contributed by atoms with Gasteiger partial charge in [0.1, 0.15) is 5.60 Å². The number of esters is 1. The van der Waals surface area contributed by atoms with Crippen LogP contribution in [0.1, 0.15) is 38.7 Å². The van der Waals surface area contributed by atoms with Crippen molar-refractivity contribution in [2.75, 3.05) is 6.61 Å². The molecule has 0 bridgehead atoms. The fraction of sp³-hybridized carbons (Fsp3) is 0.500. The number of hydrogen-bond donors (Lipinski definition) is 1. The summed E-state index contributed by atoms with van der Waals surface area (Å²) in [6.45, 7) is 5.49. The molecule has 0 spiro atoms. The SMILES string of the molecule is CC(C)(C)OC(=O)[C@@H](CCO)c1ccccc1. The molecule has 0 unspecified atom stereocenters. The van der Waals surface area contributed by atoms with Crippen molar-refractivity contribution in [3.05, 3.63) is 35.9 Å². The Bertz CT molecular complexity index is 351. The molecule has 94 valence electrons. The van der Waals surface area contributed by atoms with E-state index in [1.54, 1.807) is 0 Å². The molecule has 0 saturated carbocycles. The van der Waals surface area contributed by atoms with Crippen molar-refractivity contribution in [3.8, 4) is 0 Å². The predicted octanol–water partition coefficient (Wildman–Crippen LogP) is 2.49. The van der Waals surface area contributed by atoms with Gasteiger partial charge in [-0.1, -0.05) is 30.3 Å². The average molecular weight is 236 g/mol. The second-order valence-electron chi connectivity index (χ2n) is 5.01. The standard InChI is InChI=1S/C14H20O3/c1-14(2,3)17-13(16)12(9-10-15)11-7-5-4-6-8-11/h4-8,12,15H,9-10H2,1-3H3/t12-/m0/s1. The van der Waals surface area contributed by atoms with Crippen molar-refractivity contribution in [3.63, 3.8) is 0 Å². The Morgan fingerprint density at radius 3 is 2.35 bits per heavy atom. The third-order valence-electron chi connectivity index (χ3n) is 2.31. The number of ether oxygens (including phenoxy) is 1. The van der Waals surface area contributed by atoms with Crippen LogP contribution < -0.4 is 0 Å². The number of aliphatic hydroxyl groups excluding tert-OH is 1. The van der Waals surface area contributed by atoms with Crippen LogP contribution in [0.5, 0.6) is 0 Å². The van der Waals surface area contributed by atoms with Crippen LogP contribution in [0.4, 0.5) is 0 Å². The molecule has 17 heavy (non-hydrogen) atoms. The zero-order valence-electron chi connectivity index (χ0n) is 10.6. The first-order valence-corrected chi connectivity index (χ1v) is 5.82. The van der Waals surface area contributed by atoms with E-state index in [1.165, 1.54) is 0 Å². The maximum Gasteiger partial charge on any atom is 0.314 e. The first-order valence-electron chi connectivity index (χ1n) is 5.82. The predicted molar refractivity (Wildman–Crippen MR) is 66.7 cm³/mol. The molecule has 0 radical (unpaired) electrons. The van der Waals surface area contributed by atoms with Crippen LogP contribution in [0.25, 0.3) is 0 Å². The summed E-state index contributed by atoms with van der Waals surface area (Å²) >= 11 is 0. The van der Waals surface area contributed by atoms with Crippen molar-refractivity contribution in [1.82, 2.24) is 0 Å². The van der Waals surface area contributed by atoms with Gasteiger partial charge >= 0.3 is 5.97 Å². The molecule has 1 rings (SSSR count). The molecule has 0 aliphatic rings. The fourth-order valence-corrected chi connectivity index (χ4v) is 1.61. The lowest BCUT2D eigenvalue weighted by Gasteiger charge is -2.23. The van der Waals surface area contributed by atoms with Gasteiger partial charge in [-0.15, -0.1) is 0 Å². The van der Waals surface area contributed by atoms with E-state index in [4.69, 9.17) is 9.84 Å². The van der Waals surface area contributed by atoms with Gasteiger partial charge < -0.3 is 9.84 Å². The van der Waals surface area contributed by atoms with Gasteiger partial charge in [-0.25, -0.2) is 0 Å². The van der Waals surface area contributed by atoms with Crippen molar-refractivity contribution >= 4 is 5.97 Å². The summed E-state index contributed by atoms with van der Waals surface area (Å²) < 4.78 is 5.36. The van der Waals surface area contributed by atoms with Crippen molar-refractivity contribution in [1.29, 1.82) is 0 Å². The molecule has 1 N–H and O–H groups in total. The van der Waals surface area contributed by atoms with Crippen LogP contribution in [-0.4, -0.2) is 23.3 Å². The number of hydrogen-bond acceptors (Lipinski definition) is 3. The molecule has 0 heterocycles. The van der Waals surface area contributed by atoms with Gasteiger partial charge in [0.05, 0.1) is 5.92 Å². The second kappa shape index (κ2) is 5.82.